The molecule has 0 aromatic carbocycles. The fourth-order valence-electron chi connectivity index (χ4n) is 4.00. The molecule has 1 aromatic rings. The van der Waals surface area contributed by atoms with Crippen LogP contribution >= 0.6 is 11.6 Å². The lowest BCUT2D eigenvalue weighted by atomic mass is 9.83. The average Bonchev–Trinajstić information content (AvgIpc) is 2.78. The van der Waals surface area contributed by atoms with Crippen molar-refractivity contribution in [2.75, 3.05) is 7.11 Å². The number of nitrogens with zero attached hydrogens (tertiary/aromatic N) is 2. The van der Waals surface area contributed by atoms with Crippen molar-refractivity contribution in [3.63, 3.8) is 0 Å². The molecule has 2 atom stereocenters. The first kappa shape index (κ1) is 17.5. The van der Waals surface area contributed by atoms with Crippen molar-refractivity contribution in [1.29, 1.82) is 0 Å². The molecule has 24 heavy (non-hydrogen) atoms. The third-order valence-electron chi connectivity index (χ3n) is 4.94. The molecule has 2 fully saturated rings. The number of halogens is 1. The molecule has 0 saturated carbocycles. The molecule has 0 aliphatic carbocycles. The number of pyridine rings is 1. The van der Waals surface area contributed by atoms with Crippen molar-refractivity contribution >= 4 is 17.7 Å². The van der Waals surface area contributed by atoms with Crippen LogP contribution in [0.1, 0.15) is 52.1 Å². The number of fused-ring (bicyclic) bond motifs is 2. The van der Waals surface area contributed by atoms with E-state index >= 15 is 0 Å². The number of methoxy groups -OCH3 is 1. The first-order chi connectivity index (χ1) is 11.3. The Hall–Kier alpha value is -1.33. The highest BCUT2D eigenvalue weighted by molar-refractivity contribution is 6.31. The van der Waals surface area contributed by atoms with Gasteiger partial charge >= 0.3 is 6.09 Å². The van der Waals surface area contributed by atoms with Crippen molar-refractivity contribution < 1.29 is 14.3 Å². The largest absolute Gasteiger partial charge is 0.444 e. The van der Waals surface area contributed by atoms with Gasteiger partial charge in [0.15, 0.2) is 0 Å². The van der Waals surface area contributed by atoms with Gasteiger partial charge in [0.1, 0.15) is 11.2 Å². The Morgan fingerprint density at radius 1 is 1.33 bits per heavy atom. The van der Waals surface area contributed by atoms with E-state index in [1.807, 2.05) is 37.8 Å². The van der Waals surface area contributed by atoms with Crippen LogP contribution in [-0.4, -0.2) is 40.8 Å². The fourth-order valence-corrected chi connectivity index (χ4v) is 4.29. The molecule has 2 bridgehead atoms. The third-order valence-corrected chi connectivity index (χ3v) is 5.24. The number of hydrogen-bond donors (Lipinski definition) is 0. The number of carbonyl (C=O) groups is 1. The number of carbonyl (C=O) groups excluding carboxylic acids is 1. The minimum atomic E-state index is -0.539. The van der Waals surface area contributed by atoms with Crippen LogP contribution in [0.3, 0.4) is 0 Å². The van der Waals surface area contributed by atoms with Crippen LogP contribution in [0.2, 0.25) is 5.02 Å². The Labute approximate surface area is 148 Å². The van der Waals surface area contributed by atoms with E-state index < -0.39 is 11.2 Å². The molecule has 2 unspecified atom stereocenters. The number of hydrogen-bond acceptors (Lipinski definition) is 4. The van der Waals surface area contributed by atoms with Gasteiger partial charge in [-0.2, -0.15) is 0 Å². The number of piperidine rings is 1. The first-order valence-electron chi connectivity index (χ1n) is 8.43. The van der Waals surface area contributed by atoms with Gasteiger partial charge in [0.25, 0.3) is 0 Å². The molecule has 3 heterocycles. The predicted octanol–water partition coefficient (Wildman–Crippen LogP) is 4.14. The van der Waals surface area contributed by atoms with Crippen LogP contribution < -0.4 is 0 Å². The summed E-state index contributed by atoms with van der Waals surface area (Å²) in [5.74, 6) is 0. The van der Waals surface area contributed by atoms with Crippen molar-refractivity contribution in [3.05, 3.63) is 29.0 Å². The van der Waals surface area contributed by atoms with Crippen LogP contribution in [0.5, 0.6) is 0 Å². The molecule has 2 aliphatic rings. The van der Waals surface area contributed by atoms with E-state index in [-0.39, 0.29) is 18.2 Å². The number of rotatable bonds is 2. The third kappa shape index (κ3) is 3.11. The van der Waals surface area contributed by atoms with E-state index in [1.165, 1.54) is 0 Å². The van der Waals surface area contributed by atoms with E-state index in [0.717, 1.165) is 18.5 Å². The minimum absolute atomic E-state index is 0.0941. The standard InChI is InChI=1S/C18H25ClN2O3/c1-17(2,3)24-16(22)21-12-7-8-13(21)11-18(10-12,23-4)15-14(19)6-5-9-20-15/h5-6,9,12-13H,7-8,10-11H2,1-4H3. The van der Waals surface area contributed by atoms with E-state index in [9.17, 15) is 4.79 Å². The number of amides is 1. The highest BCUT2D eigenvalue weighted by Crippen LogP contribution is 2.48. The van der Waals surface area contributed by atoms with Gasteiger partial charge in [-0.3, -0.25) is 4.98 Å². The van der Waals surface area contributed by atoms with E-state index in [0.29, 0.717) is 17.9 Å². The van der Waals surface area contributed by atoms with Gasteiger partial charge in [-0.05, 0) is 45.7 Å². The van der Waals surface area contributed by atoms with Crippen LogP contribution in [0.15, 0.2) is 18.3 Å². The summed E-state index contributed by atoms with van der Waals surface area (Å²) in [6.45, 7) is 5.68. The lowest BCUT2D eigenvalue weighted by Gasteiger charge is -2.45. The molecule has 1 amide bonds. The van der Waals surface area contributed by atoms with Gasteiger partial charge in [0.05, 0.1) is 10.7 Å². The Balaban J connectivity index is 1.86. The summed E-state index contributed by atoms with van der Waals surface area (Å²) in [5.41, 5.74) is -0.255. The molecule has 0 N–H and O–H groups in total. The topological polar surface area (TPSA) is 51.7 Å². The molecule has 3 rings (SSSR count). The van der Waals surface area contributed by atoms with Crippen LogP contribution in [0, 0.1) is 0 Å². The Morgan fingerprint density at radius 2 is 1.96 bits per heavy atom. The van der Waals surface area contributed by atoms with Gasteiger partial charge in [0.2, 0.25) is 0 Å². The summed E-state index contributed by atoms with van der Waals surface area (Å²) in [4.78, 5) is 19.0. The fraction of sp³-hybridized carbons (Fsp3) is 0.667. The highest BCUT2D eigenvalue weighted by Gasteiger charge is 2.53. The molecule has 0 radical (unpaired) electrons. The van der Waals surface area contributed by atoms with Crippen molar-refractivity contribution in [2.45, 2.75) is 69.7 Å². The zero-order chi connectivity index (χ0) is 17.5. The second kappa shape index (κ2) is 6.19. The molecular formula is C18H25ClN2O3. The minimum Gasteiger partial charge on any atom is -0.444 e. The summed E-state index contributed by atoms with van der Waals surface area (Å²) in [5, 5.41) is 0.615. The number of ether oxygens (including phenoxy) is 2. The normalized spacial score (nSPS) is 29.6. The molecule has 132 valence electrons. The van der Waals surface area contributed by atoms with Crippen molar-refractivity contribution in [1.82, 2.24) is 9.88 Å². The first-order valence-corrected chi connectivity index (χ1v) is 8.81. The molecule has 1 aromatic heterocycles. The maximum Gasteiger partial charge on any atom is 0.410 e. The van der Waals surface area contributed by atoms with Gasteiger partial charge in [-0.15, -0.1) is 0 Å². The van der Waals surface area contributed by atoms with Crippen LogP contribution in [0.4, 0.5) is 4.79 Å². The quantitative estimate of drug-likeness (QED) is 0.802. The van der Waals surface area contributed by atoms with E-state index in [2.05, 4.69) is 4.98 Å². The molecular weight excluding hydrogens is 328 g/mol. The second-order valence-corrected chi connectivity index (χ2v) is 8.12. The van der Waals surface area contributed by atoms with Crippen LogP contribution in [-0.2, 0) is 15.1 Å². The van der Waals surface area contributed by atoms with Gasteiger partial charge < -0.3 is 14.4 Å². The zero-order valence-corrected chi connectivity index (χ0v) is 15.5. The maximum atomic E-state index is 12.6. The zero-order valence-electron chi connectivity index (χ0n) is 14.7. The summed E-state index contributed by atoms with van der Waals surface area (Å²) in [6, 6.07) is 3.85. The lowest BCUT2D eigenvalue weighted by molar-refractivity contribution is -0.0899. The number of aromatic nitrogens is 1. The summed E-state index contributed by atoms with van der Waals surface area (Å²) in [6.07, 6.45) is 4.81. The van der Waals surface area contributed by atoms with Crippen LogP contribution in [0.25, 0.3) is 0 Å². The van der Waals surface area contributed by atoms with E-state index in [4.69, 9.17) is 21.1 Å². The summed E-state index contributed by atoms with van der Waals surface area (Å²) in [7, 11) is 1.70. The molecule has 2 saturated heterocycles. The average molecular weight is 353 g/mol. The molecule has 2 aliphatic heterocycles. The highest BCUT2D eigenvalue weighted by atomic mass is 35.5. The predicted molar refractivity (Wildman–Crippen MR) is 92.1 cm³/mol. The smallest absolute Gasteiger partial charge is 0.410 e. The van der Waals surface area contributed by atoms with E-state index in [1.54, 1.807) is 13.3 Å². The van der Waals surface area contributed by atoms with Gasteiger partial charge in [0, 0.05) is 38.2 Å². The van der Waals surface area contributed by atoms with Gasteiger partial charge in [-0.1, -0.05) is 11.6 Å². The molecule has 0 spiro atoms. The summed E-state index contributed by atoms with van der Waals surface area (Å²) < 4.78 is 11.5. The lowest BCUT2D eigenvalue weighted by Crippen LogP contribution is -2.54. The van der Waals surface area contributed by atoms with Crippen molar-refractivity contribution in [3.8, 4) is 0 Å². The van der Waals surface area contributed by atoms with Gasteiger partial charge in [-0.25, -0.2) is 4.79 Å². The molecule has 6 heteroatoms. The summed E-state index contributed by atoms with van der Waals surface area (Å²) >= 11 is 6.38. The van der Waals surface area contributed by atoms with Crippen molar-refractivity contribution in [2.24, 2.45) is 0 Å². The second-order valence-electron chi connectivity index (χ2n) is 7.71. The SMILES string of the molecule is COC1(c2ncccc2Cl)CC2CCC(C1)N2C(=O)OC(C)(C)C. The maximum absolute atomic E-state index is 12.6. The monoisotopic (exact) mass is 352 g/mol. The molecule has 5 nitrogen and oxygen atoms in total. The Kier molecular flexibility index (Phi) is 4.51. The Bertz CT molecular complexity index is 615. The Morgan fingerprint density at radius 3 is 2.46 bits per heavy atom.